The fourth-order valence-electron chi connectivity index (χ4n) is 1.85. The van der Waals surface area contributed by atoms with Crippen molar-refractivity contribution in [2.45, 2.75) is 13.8 Å². The SMILES string of the molecule is COc1cc(Br)ccc1C(=O)c1cc(C)sc1C. The van der Waals surface area contributed by atoms with Crippen molar-refractivity contribution in [1.29, 1.82) is 0 Å². The van der Waals surface area contributed by atoms with E-state index in [2.05, 4.69) is 15.9 Å². The lowest BCUT2D eigenvalue weighted by Gasteiger charge is -2.07. The molecule has 1 aromatic carbocycles. The summed E-state index contributed by atoms with van der Waals surface area (Å²) in [5.41, 5.74) is 1.36. The van der Waals surface area contributed by atoms with Gasteiger partial charge in [0.15, 0.2) is 5.78 Å². The van der Waals surface area contributed by atoms with Gasteiger partial charge >= 0.3 is 0 Å². The molecule has 0 aliphatic heterocycles. The molecule has 0 saturated carbocycles. The Morgan fingerprint density at radius 3 is 2.50 bits per heavy atom. The third-order valence-corrected chi connectivity index (χ3v) is 4.15. The number of benzene rings is 1. The van der Waals surface area contributed by atoms with Crippen LogP contribution in [0.25, 0.3) is 0 Å². The Bertz CT molecular complexity index is 602. The predicted octanol–water partition coefficient (Wildman–Crippen LogP) is 4.37. The van der Waals surface area contributed by atoms with Crippen LogP contribution in [-0.2, 0) is 0 Å². The Kier molecular flexibility index (Phi) is 3.88. The van der Waals surface area contributed by atoms with E-state index in [1.807, 2.05) is 32.0 Å². The molecule has 0 spiro atoms. The Balaban J connectivity index is 2.49. The van der Waals surface area contributed by atoms with E-state index >= 15 is 0 Å². The van der Waals surface area contributed by atoms with Crippen LogP contribution in [0.4, 0.5) is 0 Å². The standard InChI is InChI=1S/C14H13BrO2S/c1-8-6-12(9(2)18-8)14(16)11-5-4-10(15)7-13(11)17-3/h4-7H,1-3H3. The van der Waals surface area contributed by atoms with Gasteiger partial charge in [0.1, 0.15) is 5.75 Å². The minimum Gasteiger partial charge on any atom is -0.496 e. The molecule has 0 saturated heterocycles. The number of hydrogen-bond donors (Lipinski definition) is 0. The zero-order valence-electron chi connectivity index (χ0n) is 10.4. The van der Waals surface area contributed by atoms with E-state index in [-0.39, 0.29) is 5.78 Å². The average Bonchev–Trinajstić information content (AvgIpc) is 2.67. The summed E-state index contributed by atoms with van der Waals surface area (Å²) in [5, 5.41) is 0. The van der Waals surface area contributed by atoms with E-state index in [9.17, 15) is 4.79 Å². The molecule has 0 aliphatic carbocycles. The fourth-order valence-corrected chi connectivity index (χ4v) is 3.12. The summed E-state index contributed by atoms with van der Waals surface area (Å²) >= 11 is 5.01. The van der Waals surface area contributed by atoms with E-state index in [0.717, 1.165) is 19.8 Å². The molecule has 1 heterocycles. The van der Waals surface area contributed by atoms with Gasteiger partial charge in [-0.3, -0.25) is 4.79 Å². The Morgan fingerprint density at radius 1 is 1.22 bits per heavy atom. The largest absolute Gasteiger partial charge is 0.496 e. The van der Waals surface area contributed by atoms with Crippen LogP contribution in [0.3, 0.4) is 0 Å². The molecular formula is C14H13BrO2S. The number of thiophene rings is 1. The molecule has 0 aliphatic rings. The highest BCUT2D eigenvalue weighted by molar-refractivity contribution is 9.10. The first-order valence-electron chi connectivity index (χ1n) is 5.48. The van der Waals surface area contributed by atoms with Crippen LogP contribution in [0.2, 0.25) is 0 Å². The molecule has 0 amide bonds. The van der Waals surface area contributed by atoms with E-state index in [0.29, 0.717) is 11.3 Å². The first-order chi connectivity index (χ1) is 8.52. The molecule has 0 radical (unpaired) electrons. The third-order valence-electron chi connectivity index (χ3n) is 2.69. The quantitative estimate of drug-likeness (QED) is 0.784. The zero-order chi connectivity index (χ0) is 13.3. The molecular weight excluding hydrogens is 312 g/mol. The van der Waals surface area contributed by atoms with Gasteiger partial charge in [0.25, 0.3) is 0 Å². The molecule has 2 rings (SSSR count). The molecule has 0 unspecified atom stereocenters. The van der Waals surface area contributed by atoms with Gasteiger partial charge in [-0.2, -0.15) is 0 Å². The monoisotopic (exact) mass is 324 g/mol. The summed E-state index contributed by atoms with van der Waals surface area (Å²) in [7, 11) is 1.57. The van der Waals surface area contributed by atoms with Crippen molar-refractivity contribution in [3.63, 3.8) is 0 Å². The lowest BCUT2D eigenvalue weighted by Crippen LogP contribution is -2.04. The normalized spacial score (nSPS) is 10.4. The summed E-state index contributed by atoms with van der Waals surface area (Å²) in [6, 6.07) is 7.38. The van der Waals surface area contributed by atoms with Crippen LogP contribution >= 0.6 is 27.3 Å². The molecule has 0 atom stereocenters. The van der Waals surface area contributed by atoms with E-state index < -0.39 is 0 Å². The van der Waals surface area contributed by atoms with E-state index in [4.69, 9.17) is 4.74 Å². The molecule has 0 fully saturated rings. The number of methoxy groups -OCH3 is 1. The fraction of sp³-hybridized carbons (Fsp3) is 0.214. The second-order valence-electron chi connectivity index (χ2n) is 4.00. The maximum atomic E-state index is 12.5. The Hall–Kier alpha value is -1.13. The molecule has 0 bridgehead atoms. The first-order valence-corrected chi connectivity index (χ1v) is 7.09. The number of halogens is 1. The average molecular weight is 325 g/mol. The van der Waals surface area contributed by atoms with Gasteiger partial charge < -0.3 is 4.74 Å². The Labute approximate surface area is 119 Å². The highest BCUT2D eigenvalue weighted by Gasteiger charge is 2.18. The van der Waals surface area contributed by atoms with Gasteiger partial charge in [0.05, 0.1) is 12.7 Å². The van der Waals surface area contributed by atoms with Gasteiger partial charge in [0.2, 0.25) is 0 Å². The van der Waals surface area contributed by atoms with Crippen molar-refractivity contribution in [3.8, 4) is 5.75 Å². The van der Waals surface area contributed by atoms with Crippen molar-refractivity contribution >= 4 is 33.0 Å². The van der Waals surface area contributed by atoms with Crippen molar-refractivity contribution in [2.75, 3.05) is 7.11 Å². The van der Waals surface area contributed by atoms with Crippen LogP contribution in [0, 0.1) is 13.8 Å². The number of rotatable bonds is 3. The van der Waals surface area contributed by atoms with Gasteiger partial charge in [-0.15, -0.1) is 11.3 Å². The summed E-state index contributed by atoms with van der Waals surface area (Å²) in [6.07, 6.45) is 0. The van der Waals surface area contributed by atoms with Crippen LogP contribution in [0.5, 0.6) is 5.75 Å². The van der Waals surface area contributed by atoms with Crippen LogP contribution in [-0.4, -0.2) is 12.9 Å². The lowest BCUT2D eigenvalue weighted by atomic mass is 10.0. The maximum absolute atomic E-state index is 12.5. The number of ether oxygens (including phenoxy) is 1. The number of hydrogen-bond acceptors (Lipinski definition) is 3. The van der Waals surface area contributed by atoms with Crippen LogP contribution < -0.4 is 4.74 Å². The summed E-state index contributed by atoms with van der Waals surface area (Å²) in [5.74, 6) is 0.610. The Morgan fingerprint density at radius 2 is 1.94 bits per heavy atom. The topological polar surface area (TPSA) is 26.3 Å². The minimum absolute atomic E-state index is 0.0150. The van der Waals surface area contributed by atoms with Crippen molar-refractivity contribution in [2.24, 2.45) is 0 Å². The zero-order valence-corrected chi connectivity index (χ0v) is 12.8. The molecule has 94 valence electrons. The number of ketones is 1. The van der Waals surface area contributed by atoms with Gasteiger partial charge in [0, 0.05) is 19.8 Å². The molecule has 2 aromatic rings. The van der Waals surface area contributed by atoms with Crippen molar-refractivity contribution < 1.29 is 9.53 Å². The highest BCUT2D eigenvalue weighted by atomic mass is 79.9. The molecule has 1 aromatic heterocycles. The lowest BCUT2D eigenvalue weighted by molar-refractivity contribution is 0.103. The number of carbonyl (C=O) groups is 1. The predicted molar refractivity (Wildman–Crippen MR) is 77.9 cm³/mol. The van der Waals surface area contributed by atoms with E-state index in [1.54, 1.807) is 24.5 Å². The second-order valence-corrected chi connectivity index (χ2v) is 6.38. The van der Waals surface area contributed by atoms with Gasteiger partial charge in [-0.1, -0.05) is 15.9 Å². The van der Waals surface area contributed by atoms with E-state index in [1.165, 1.54) is 0 Å². The smallest absolute Gasteiger partial charge is 0.197 e. The maximum Gasteiger partial charge on any atom is 0.197 e. The molecule has 18 heavy (non-hydrogen) atoms. The third kappa shape index (κ3) is 2.49. The van der Waals surface area contributed by atoms with Gasteiger partial charge in [-0.25, -0.2) is 0 Å². The minimum atomic E-state index is 0.0150. The molecule has 4 heteroatoms. The first kappa shape index (κ1) is 13.3. The highest BCUT2D eigenvalue weighted by Crippen LogP contribution is 2.29. The van der Waals surface area contributed by atoms with Crippen LogP contribution in [0.15, 0.2) is 28.7 Å². The van der Waals surface area contributed by atoms with Crippen LogP contribution in [0.1, 0.15) is 25.7 Å². The molecule has 0 N–H and O–H groups in total. The second kappa shape index (κ2) is 5.24. The van der Waals surface area contributed by atoms with Crippen molar-refractivity contribution in [3.05, 3.63) is 49.6 Å². The number of aryl methyl sites for hydroxylation is 2. The van der Waals surface area contributed by atoms with Gasteiger partial charge in [-0.05, 0) is 38.1 Å². The number of carbonyl (C=O) groups excluding carboxylic acids is 1. The van der Waals surface area contributed by atoms with Crippen molar-refractivity contribution in [1.82, 2.24) is 0 Å². The summed E-state index contributed by atoms with van der Waals surface area (Å²) in [6.45, 7) is 3.98. The molecule has 2 nitrogen and oxygen atoms in total. The summed E-state index contributed by atoms with van der Waals surface area (Å²) in [4.78, 5) is 14.7. The summed E-state index contributed by atoms with van der Waals surface area (Å²) < 4.78 is 6.17.